The van der Waals surface area contributed by atoms with Crippen molar-refractivity contribution < 1.29 is 4.79 Å². The van der Waals surface area contributed by atoms with Crippen molar-refractivity contribution in [2.75, 3.05) is 0 Å². The summed E-state index contributed by atoms with van der Waals surface area (Å²) in [5, 5.41) is 0.0683. The highest BCUT2D eigenvalue weighted by Gasteiger charge is 2.15. The van der Waals surface area contributed by atoms with Gasteiger partial charge in [0.1, 0.15) is 0 Å². The largest absolute Gasteiger partial charge is 0.281 e. The van der Waals surface area contributed by atoms with Crippen molar-refractivity contribution in [1.82, 2.24) is 0 Å². The molecular formula is C16H16OS2. The van der Waals surface area contributed by atoms with Gasteiger partial charge in [0, 0.05) is 9.79 Å². The first-order valence-corrected chi connectivity index (χ1v) is 8.73. The minimum Gasteiger partial charge on any atom is -0.281 e. The molecule has 0 aliphatic heterocycles. The number of benzene rings is 2. The van der Waals surface area contributed by atoms with Crippen molar-refractivity contribution in [1.29, 1.82) is 0 Å². The molecule has 0 aliphatic rings. The molecule has 0 spiro atoms. The highest BCUT2D eigenvalue weighted by molar-refractivity contribution is 8.90. The molecule has 0 bridgehead atoms. The summed E-state index contributed by atoms with van der Waals surface area (Å²) in [5.74, 6) is 0. The second kappa shape index (κ2) is 6.64. The summed E-state index contributed by atoms with van der Waals surface area (Å²) in [7, 11) is 0.669. The van der Waals surface area contributed by atoms with Crippen LogP contribution in [-0.4, -0.2) is 5.12 Å². The first kappa shape index (κ1) is 14.0. The number of carbonyl (C=O) groups excluding carboxylic acids is 1. The molecule has 3 heteroatoms. The van der Waals surface area contributed by atoms with Crippen LogP contribution in [0.15, 0.2) is 82.6 Å². The summed E-state index contributed by atoms with van der Waals surface area (Å²) in [6.45, 7) is 5.50. The van der Waals surface area contributed by atoms with Crippen molar-refractivity contribution in [3.05, 3.63) is 72.8 Å². The number of hydrogen-bond acceptors (Lipinski definition) is 2. The first-order valence-electron chi connectivity index (χ1n) is 5.96. The summed E-state index contributed by atoms with van der Waals surface area (Å²) in [5.41, 5.74) is 0.601. The zero-order valence-electron chi connectivity index (χ0n) is 10.7. The lowest BCUT2D eigenvalue weighted by molar-refractivity contribution is -0.107. The van der Waals surface area contributed by atoms with E-state index in [1.165, 1.54) is 20.6 Å². The molecule has 0 saturated heterocycles. The highest BCUT2D eigenvalue weighted by atomic mass is 33.1. The molecule has 1 nitrogen and oxygen atoms in total. The van der Waals surface area contributed by atoms with Crippen LogP contribution in [0, 0.1) is 0 Å². The molecule has 0 amide bonds. The van der Waals surface area contributed by atoms with Crippen LogP contribution in [0.4, 0.5) is 0 Å². The molecule has 2 rings (SSSR count). The maximum atomic E-state index is 12.0. The molecule has 0 heterocycles. The van der Waals surface area contributed by atoms with Gasteiger partial charge < -0.3 is 0 Å². The molecule has 19 heavy (non-hydrogen) atoms. The third-order valence-corrected chi connectivity index (χ3v) is 7.05. The van der Waals surface area contributed by atoms with E-state index in [1.807, 2.05) is 36.4 Å². The van der Waals surface area contributed by atoms with E-state index in [0.29, 0.717) is 5.57 Å². The van der Waals surface area contributed by atoms with Gasteiger partial charge in [-0.2, -0.15) is 0 Å². The normalized spacial score (nSPS) is 10.9. The van der Waals surface area contributed by atoms with E-state index in [9.17, 15) is 4.79 Å². The van der Waals surface area contributed by atoms with E-state index in [4.69, 9.17) is 0 Å². The van der Waals surface area contributed by atoms with Crippen molar-refractivity contribution >= 4 is 25.8 Å². The zero-order valence-corrected chi connectivity index (χ0v) is 12.5. The molecule has 2 aromatic carbocycles. The average Bonchev–Trinajstić information content (AvgIpc) is 2.46. The van der Waals surface area contributed by atoms with Crippen LogP contribution in [-0.2, 0) is 4.79 Å². The number of thiol groups is 1. The number of rotatable bonds is 4. The minimum absolute atomic E-state index is 0.0683. The Balaban J connectivity index is 2.34. The smallest absolute Gasteiger partial charge is 0.223 e. The fourth-order valence-corrected chi connectivity index (χ4v) is 5.59. The van der Waals surface area contributed by atoms with Gasteiger partial charge in [0.2, 0.25) is 5.12 Å². The Hall–Kier alpha value is -1.45. The molecule has 0 saturated carbocycles. The first-order chi connectivity index (χ1) is 9.18. The summed E-state index contributed by atoms with van der Waals surface area (Å²) in [4.78, 5) is 14.4. The molecule has 0 radical (unpaired) electrons. The van der Waals surface area contributed by atoms with Crippen LogP contribution in [0.3, 0.4) is 0 Å². The monoisotopic (exact) mass is 288 g/mol. The van der Waals surface area contributed by atoms with Gasteiger partial charge in [-0.05, 0) is 47.6 Å². The van der Waals surface area contributed by atoms with Gasteiger partial charge >= 0.3 is 0 Å². The maximum Gasteiger partial charge on any atom is 0.223 e. The number of carbonyl (C=O) groups is 1. The van der Waals surface area contributed by atoms with Gasteiger partial charge in [-0.15, -0.1) is 9.93 Å². The Morgan fingerprint density at radius 2 is 1.37 bits per heavy atom. The summed E-state index contributed by atoms with van der Waals surface area (Å²) in [6, 6.07) is 20.4. The van der Waals surface area contributed by atoms with Gasteiger partial charge in [0.25, 0.3) is 0 Å². The van der Waals surface area contributed by atoms with Gasteiger partial charge in [-0.25, -0.2) is 0 Å². The summed E-state index contributed by atoms with van der Waals surface area (Å²) < 4.78 is 0. The Morgan fingerprint density at radius 1 is 0.947 bits per heavy atom. The minimum atomic E-state index is -0.716. The Kier molecular flexibility index (Phi) is 4.88. The molecular weight excluding hydrogens is 272 g/mol. The lowest BCUT2D eigenvalue weighted by atomic mass is 10.4. The lowest BCUT2D eigenvalue weighted by Crippen LogP contribution is -1.92. The third kappa shape index (κ3) is 3.75. The van der Waals surface area contributed by atoms with Crippen molar-refractivity contribution in [2.24, 2.45) is 0 Å². The molecule has 2 aromatic rings. The van der Waals surface area contributed by atoms with Gasteiger partial charge in [0.15, 0.2) is 0 Å². The van der Waals surface area contributed by atoms with E-state index < -0.39 is 9.93 Å². The van der Waals surface area contributed by atoms with E-state index in [1.54, 1.807) is 6.92 Å². The standard InChI is InChI=1S/C16H16OS2/c1-13(2)16(17)18-19(14-9-5-3-6-10-14)15-11-7-4-8-12-15/h3-12,19H,1H2,2H3. The average molecular weight is 288 g/mol. The van der Waals surface area contributed by atoms with E-state index in [2.05, 4.69) is 30.8 Å². The SMILES string of the molecule is C=C(C)C(=O)S[SH](c1ccccc1)c1ccccc1. The predicted molar refractivity (Wildman–Crippen MR) is 85.8 cm³/mol. The van der Waals surface area contributed by atoms with Crippen LogP contribution in [0.1, 0.15) is 6.92 Å². The molecule has 0 aromatic heterocycles. The Labute approximate surface area is 120 Å². The molecule has 98 valence electrons. The third-order valence-electron chi connectivity index (χ3n) is 2.50. The van der Waals surface area contributed by atoms with Crippen molar-refractivity contribution in [3.8, 4) is 0 Å². The molecule has 0 aliphatic carbocycles. The predicted octanol–water partition coefficient (Wildman–Crippen LogP) is 4.86. The fourth-order valence-electron chi connectivity index (χ4n) is 1.54. The van der Waals surface area contributed by atoms with Crippen molar-refractivity contribution in [3.63, 3.8) is 0 Å². The van der Waals surface area contributed by atoms with Crippen molar-refractivity contribution in [2.45, 2.75) is 16.7 Å². The second-order valence-corrected chi connectivity index (χ2v) is 7.94. The molecule has 0 fully saturated rings. The number of hydrogen-bond donors (Lipinski definition) is 1. The fraction of sp³-hybridized carbons (Fsp3) is 0.0625. The maximum absolute atomic E-state index is 12.0. The zero-order chi connectivity index (χ0) is 13.7. The quantitative estimate of drug-likeness (QED) is 0.492. The van der Waals surface area contributed by atoms with Crippen LogP contribution >= 0.6 is 20.7 Å². The molecule has 0 unspecified atom stereocenters. The van der Waals surface area contributed by atoms with Gasteiger partial charge in [-0.3, -0.25) is 4.79 Å². The van der Waals surface area contributed by atoms with Crippen LogP contribution in [0.5, 0.6) is 0 Å². The van der Waals surface area contributed by atoms with Gasteiger partial charge in [0.05, 0.1) is 0 Å². The molecule has 0 N–H and O–H groups in total. The van der Waals surface area contributed by atoms with Crippen LogP contribution in [0.2, 0.25) is 0 Å². The lowest BCUT2D eigenvalue weighted by Gasteiger charge is -2.20. The highest BCUT2D eigenvalue weighted by Crippen LogP contribution is 2.55. The Bertz CT molecular complexity index is 524. The molecule has 0 atom stereocenters. The van der Waals surface area contributed by atoms with Crippen LogP contribution < -0.4 is 0 Å². The van der Waals surface area contributed by atoms with E-state index in [-0.39, 0.29) is 5.12 Å². The van der Waals surface area contributed by atoms with Crippen LogP contribution in [0.25, 0.3) is 0 Å². The van der Waals surface area contributed by atoms with Gasteiger partial charge in [-0.1, -0.05) is 43.0 Å². The summed E-state index contributed by atoms with van der Waals surface area (Å²) >= 11 is 0. The topological polar surface area (TPSA) is 17.1 Å². The second-order valence-electron chi connectivity index (χ2n) is 4.12. The van der Waals surface area contributed by atoms with E-state index in [0.717, 1.165) is 0 Å². The summed E-state index contributed by atoms with van der Waals surface area (Å²) in [6.07, 6.45) is 0. The van der Waals surface area contributed by atoms with E-state index >= 15 is 0 Å². The Morgan fingerprint density at radius 3 is 1.74 bits per heavy atom.